The number of nitrogens with zero attached hydrogens (tertiary/aromatic N) is 3. The van der Waals surface area contributed by atoms with Gasteiger partial charge in [0, 0.05) is 17.1 Å². The number of ether oxygens (including phenoxy) is 1. The molecular formula is C19H21ClN4O3. The molecule has 3 rings (SSSR count). The number of anilines is 1. The van der Waals surface area contributed by atoms with Crippen molar-refractivity contribution in [3.8, 4) is 5.75 Å². The number of amides is 1. The van der Waals surface area contributed by atoms with Crippen molar-refractivity contribution in [2.24, 2.45) is 0 Å². The SMILES string of the molecule is Cc1cc(NC(=O)c2noc(C)c2COc2ccc(Cl)cc2)n(C(C)C)n1. The number of benzene rings is 1. The Morgan fingerprint density at radius 2 is 2.00 bits per heavy atom. The first-order valence-electron chi connectivity index (χ1n) is 8.56. The second-order valence-electron chi connectivity index (χ2n) is 6.47. The number of nitrogens with one attached hydrogen (secondary N) is 1. The Labute approximate surface area is 162 Å². The maximum absolute atomic E-state index is 12.7. The van der Waals surface area contributed by atoms with E-state index in [2.05, 4.69) is 15.6 Å². The van der Waals surface area contributed by atoms with Crippen molar-refractivity contribution in [1.29, 1.82) is 0 Å². The van der Waals surface area contributed by atoms with Gasteiger partial charge in [-0.2, -0.15) is 5.10 Å². The van der Waals surface area contributed by atoms with Crippen LogP contribution in [0.2, 0.25) is 5.02 Å². The van der Waals surface area contributed by atoms with Crippen LogP contribution in [-0.4, -0.2) is 20.8 Å². The lowest BCUT2D eigenvalue weighted by molar-refractivity contribution is 0.101. The van der Waals surface area contributed by atoms with Crippen molar-refractivity contribution in [1.82, 2.24) is 14.9 Å². The topological polar surface area (TPSA) is 82.2 Å². The monoisotopic (exact) mass is 388 g/mol. The number of halogens is 1. The van der Waals surface area contributed by atoms with Crippen LogP contribution >= 0.6 is 11.6 Å². The Morgan fingerprint density at radius 1 is 1.30 bits per heavy atom. The fraction of sp³-hybridized carbons (Fsp3) is 0.316. The number of carbonyl (C=O) groups excluding carboxylic acids is 1. The van der Waals surface area contributed by atoms with Crippen molar-refractivity contribution >= 4 is 23.3 Å². The first-order chi connectivity index (χ1) is 12.8. The summed E-state index contributed by atoms with van der Waals surface area (Å²) in [6, 6.07) is 8.92. The molecule has 27 heavy (non-hydrogen) atoms. The van der Waals surface area contributed by atoms with Crippen LogP contribution in [0.3, 0.4) is 0 Å². The van der Waals surface area contributed by atoms with Crippen LogP contribution < -0.4 is 10.1 Å². The number of hydrogen-bond acceptors (Lipinski definition) is 5. The molecule has 0 saturated carbocycles. The molecule has 2 heterocycles. The minimum absolute atomic E-state index is 0.112. The van der Waals surface area contributed by atoms with Gasteiger partial charge in [-0.05, 0) is 52.0 Å². The van der Waals surface area contributed by atoms with Gasteiger partial charge in [0.1, 0.15) is 23.9 Å². The first kappa shape index (κ1) is 19.0. The quantitative estimate of drug-likeness (QED) is 0.669. The summed E-state index contributed by atoms with van der Waals surface area (Å²) in [4.78, 5) is 12.7. The summed E-state index contributed by atoms with van der Waals surface area (Å²) in [5.74, 6) is 1.41. The van der Waals surface area contributed by atoms with E-state index >= 15 is 0 Å². The number of carbonyl (C=O) groups is 1. The summed E-state index contributed by atoms with van der Waals surface area (Å²) in [5.41, 5.74) is 1.60. The van der Waals surface area contributed by atoms with E-state index in [1.54, 1.807) is 35.9 Å². The smallest absolute Gasteiger partial charge is 0.279 e. The maximum atomic E-state index is 12.7. The van der Waals surface area contributed by atoms with Gasteiger partial charge >= 0.3 is 0 Å². The molecule has 2 aromatic heterocycles. The highest BCUT2D eigenvalue weighted by Gasteiger charge is 2.22. The van der Waals surface area contributed by atoms with Crippen molar-refractivity contribution in [2.75, 3.05) is 5.32 Å². The lowest BCUT2D eigenvalue weighted by Crippen LogP contribution is -2.19. The van der Waals surface area contributed by atoms with E-state index < -0.39 is 0 Å². The average Bonchev–Trinajstić information content (AvgIpc) is 3.17. The molecule has 0 bridgehead atoms. The van der Waals surface area contributed by atoms with Crippen LogP contribution in [0.4, 0.5) is 5.82 Å². The number of aromatic nitrogens is 3. The standard InChI is InChI=1S/C19H21ClN4O3/c1-11(2)24-17(9-12(3)22-24)21-19(25)18-16(13(4)27-23-18)10-26-15-7-5-14(20)6-8-15/h5-9,11H,10H2,1-4H3,(H,21,25). The van der Waals surface area contributed by atoms with Gasteiger partial charge < -0.3 is 14.6 Å². The predicted molar refractivity (Wildman–Crippen MR) is 102 cm³/mol. The maximum Gasteiger partial charge on any atom is 0.279 e. The minimum atomic E-state index is -0.372. The Morgan fingerprint density at radius 3 is 2.67 bits per heavy atom. The summed E-state index contributed by atoms with van der Waals surface area (Å²) in [5, 5.41) is 11.8. The highest BCUT2D eigenvalue weighted by molar-refractivity contribution is 6.30. The van der Waals surface area contributed by atoms with Gasteiger partial charge in [0.05, 0.1) is 11.3 Å². The van der Waals surface area contributed by atoms with Gasteiger partial charge in [-0.25, -0.2) is 4.68 Å². The van der Waals surface area contributed by atoms with Gasteiger partial charge in [0.2, 0.25) is 0 Å². The molecule has 1 aromatic carbocycles. The number of aryl methyl sites for hydroxylation is 2. The average molecular weight is 389 g/mol. The van der Waals surface area contributed by atoms with Crippen LogP contribution in [0.5, 0.6) is 5.75 Å². The molecule has 1 amide bonds. The van der Waals surface area contributed by atoms with Gasteiger partial charge in [-0.1, -0.05) is 16.8 Å². The highest BCUT2D eigenvalue weighted by atomic mass is 35.5. The molecule has 7 nitrogen and oxygen atoms in total. The lowest BCUT2D eigenvalue weighted by Gasteiger charge is -2.11. The highest BCUT2D eigenvalue weighted by Crippen LogP contribution is 2.22. The summed E-state index contributed by atoms with van der Waals surface area (Å²) in [6.45, 7) is 7.76. The summed E-state index contributed by atoms with van der Waals surface area (Å²) in [6.07, 6.45) is 0. The second kappa shape index (κ2) is 7.84. The molecule has 0 aliphatic rings. The summed E-state index contributed by atoms with van der Waals surface area (Å²) in [7, 11) is 0. The molecule has 8 heteroatoms. The number of hydrogen-bond donors (Lipinski definition) is 1. The largest absolute Gasteiger partial charge is 0.489 e. The normalized spacial score (nSPS) is 11.0. The second-order valence-corrected chi connectivity index (χ2v) is 6.91. The van der Waals surface area contributed by atoms with Crippen LogP contribution in [0.15, 0.2) is 34.9 Å². The van der Waals surface area contributed by atoms with E-state index in [4.69, 9.17) is 20.9 Å². The molecule has 142 valence electrons. The fourth-order valence-electron chi connectivity index (χ4n) is 2.61. The first-order valence-corrected chi connectivity index (χ1v) is 8.94. The third-order valence-electron chi connectivity index (χ3n) is 3.99. The molecule has 0 aliphatic heterocycles. The molecular weight excluding hydrogens is 368 g/mol. The van der Waals surface area contributed by atoms with E-state index in [0.717, 1.165) is 5.69 Å². The summed E-state index contributed by atoms with van der Waals surface area (Å²) < 4.78 is 12.7. The van der Waals surface area contributed by atoms with Gasteiger partial charge in [0.15, 0.2) is 5.69 Å². The Bertz CT molecular complexity index is 945. The van der Waals surface area contributed by atoms with Crippen molar-refractivity contribution in [3.05, 3.63) is 58.1 Å². The Hall–Kier alpha value is -2.80. The van der Waals surface area contributed by atoms with E-state index in [1.807, 2.05) is 26.8 Å². The number of rotatable bonds is 6. The van der Waals surface area contributed by atoms with Crippen LogP contribution in [0, 0.1) is 13.8 Å². The van der Waals surface area contributed by atoms with E-state index in [1.165, 1.54) is 0 Å². The minimum Gasteiger partial charge on any atom is -0.489 e. The Kier molecular flexibility index (Phi) is 5.51. The van der Waals surface area contributed by atoms with E-state index in [9.17, 15) is 4.79 Å². The van der Waals surface area contributed by atoms with Gasteiger partial charge in [-0.3, -0.25) is 4.79 Å². The van der Waals surface area contributed by atoms with Crippen molar-refractivity contribution in [3.63, 3.8) is 0 Å². The molecule has 0 unspecified atom stereocenters. The molecule has 0 fully saturated rings. The summed E-state index contributed by atoms with van der Waals surface area (Å²) >= 11 is 5.88. The molecule has 0 atom stereocenters. The van der Waals surface area contributed by atoms with Crippen LogP contribution in [0.1, 0.15) is 47.4 Å². The van der Waals surface area contributed by atoms with Gasteiger partial charge in [0.25, 0.3) is 5.91 Å². The third-order valence-corrected chi connectivity index (χ3v) is 4.24. The molecule has 0 spiro atoms. The third kappa shape index (κ3) is 4.31. The fourth-order valence-corrected chi connectivity index (χ4v) is 2.73. The molecule has 3 aromatic rings. The van der Waals surface area contributed by atoms with Crippen molar-refractivity contribution in [2.45, 2.75) is 40.3 Å². The van der Waals surface area contributed by atoms with Gasteiger partial charge in [-0.15, -0.1) is 0 Å². The predicted octanol–water partition coefficient (Wildman–Crippen LogP) is 4.55. The molecule has 0 saturated heterocycles. The molecule has 0 aliphatic carbocycles. The molecule has 0 radical (unpaired) electrons. The van der Waals surface area contributed by atoms with E-state index in [-0.39, 0.29) is 24.2 Å². The zero-order valence-corrected chi connectivity index (χ0v) is 16.4. The van der Waals surface area contributed by atoms with E-state index in [0.29, 0.717) is 27.9 Å². The lowest BCUT2D eigenvalue weighted by atomic mass is 10.2. The zero-order chi connectivity index (χ0) is 19.6. The zero-order valence-electron chi connectivity index (χ0n) is 15.6. The van der Waals surface area contributed by atoms with Crippen LogP contribution in [-0.2, 0) is 6.61 Å². The Balaban J connectivity index is 1.77. The van der Waals surface area contributed by atoms with Crippen molar-refractivity contribution < 1.29 is 14.1 Å². The van der Waals surface area contributed by atoms with Crippen LogP contribution in [0.25, 0.3) is 0 Å². The molecule has 1 N–H and O–H groups in total.